The maximum absolute atomic E-state index is 10.4. The zero-order valence-corrected chi connectivity index (χ0v) is 10.2. The Morgan fingerprint density at radius 3 is 2.76 bits per heavy atom. The van der Waals surface area contributed by atoms with Crippen molar-refractivity contribution in [3.05, 3.63) is 0 Å². The van der Waals surface area contributed by atoms with Crippen molar-refractivity contribution < 1.29 is 24.5 Å². The van der Waals surface area contributed by atoms with Gasteiger partial charge in [-0.05, 0) is 5.92 Å². The molecule has 100 valence electrons. The number of aliphatic carboxylic acids is 1. The first kappa shape index (κ1) is 14.4. The fourth-order valence-corrected chi connectivity index (χ4v) is 1.91. The first-order valence-corrected chi connectivity index (χ1v) is 5.80. The van der Waals surface area contributed by atoms with Crippen molar-refractivity contribution in [3.63, 3.8) is 0 Å². The van der Waals surface area contributed by atoms with E-state index in [0.29, 0.717) is 26.4 Å². The van der Waals surface area contributed by atoms with Crippen LogP contribution < -0.4 is 0 Å². The van der Waals surface area contributed by atoms with Crippen LogP contribution in [0.15, 0.2) is 0 Å². The zero-order chi connectivity index (χ0) is 12.7. The summed E-state index contributed by atoms with van der Waals surface area (Å²) < 4.78 is 10.0. The molecule has 1 unspecified atom stereocenters. The third-order valence-corrected chi connectivity index (χ3v) is 2.71. The number of methoxy groups -OCH3 is 1. The maximum atomic E-state index is 10.4. The maximum Gasteiger partial charge on any atom is 0.303 e. The Balaban J connectivity index is 1.98. The van der Waals surface area contributed by atoms with Gasteiger partial charge in [0.25, 0.3) is 0 Å². The van der Waals surface area contributed by atoms with Gasteiger partial charge in [-0.3, -0.25) is 9.69 Å². The monoisotopic (exact) mass is 247 g/mol. The molecule has 1 saturated heterocycles. The van der Waals surface area contributed by atoms with E-state index in [-0.39, 0.29) is 12.3 Å². The van der Waals surface area contributed by atoms with Gasteiger partial charge in [-0.2, -0.15) is 0 Å². The quantitative estimate of drug-likeness (QED) is 0.531. The summed E-state index contributed by atoms with van der Waals surface area (Å²) in [4.78, 5) is 12.5. The number of β-amino-alcohol motifs (C(OH)–C–C–N with tert-alkyl or cyclic N) is 1. The molecule has 1 fully saturated rings. The van der Waals surface area contributed by atoms with Crippen molar-refractivity contribution >= 4 is 5.97 Å². The van der Waals surface area contributed by atoms with Crippen molar-refractivity contribution in [2.75, 3.05) is 46.6 Å². The van der Waals surface area contributed by atoms with Crippen LogP contribution in [0.2, 0.25) is 0 Å². The third kappa shape index (κ3) is 5.97. The molecule has 6 heteroatoms. The van der Waals surface area contributed by atoms with Gasteiger partial charge in [-0.1, -0.05) is 0 Å². The van der Waals surface area contributed by atoms with E-state index in [4.69, 9.17) is 14.6 Å². The van der Waals surface area contributed by atoms with Gasteiger partial charge in [-0.15, -0.1) is 0 Å². The van der Waals surface area contributed by atoms with Crippen molar-refractivity contribution in [1.29, 1.82) is 0 Å². The minimum Gasteiger partial charge on any atom is -0.481 e. The highest BCUT2D eigenvalue weighted by Crippen LogP contribution is 2.18. The Morgan fingerprint density at radius 1 is 1.47 bits per heavy atom. The average Bonchev–Trinajstić information content (AvgIpc) is 2.21. The molecule has 0 aromatic rings. The lowest BCUT2D eigenvalue weighted by atomic mass is 9.96. The molecule has 0 saturated carbocycles. The first-order valence-electron chi connectivity index (χ1n) is 5.80. The normalized spacial score (nSPS) is 18.9. The highest BCUT2D eigenvalue weighted by atomic mass is 16.5. The molecular formula is C11H21NO5. The molecule has 1 heterocycles. The lowest BCUT2D eigenvalue weighted by Crippen LogP contribution is -2.50. The lowest BCUT2D eigenvalue weighted by Gasteiger charge is -2.39. The molecule has 0 radical (unpaired) electrons. The van der Waals surface area contributed by atoms with Crippen molar-refractivity contribution in [3.8, 4) is 0 Å². The molecule has 0 bridgehead atoms. The molecule has 0 aromatic carbocycles. The van der Waals surface area contributed by atoms with Gasteiger partial charge in [-0.25, -0.2) is 0 Å². The fourth-order valence-electron chi connectivity index (χ4n) is 1.91. The fraction of sp³-hybridized carbons (Fsp3) is 0.909. The molecule has 1 aliphatic rings. The Labute approximate surface area is 101 Å². The summed E-state index contributed by atoms with van der Waals surface area (Å²) in [5, 5.41) is 18.2. The third-order valence-electron chi connectivity index (χ3n) is 2.71. The van der Waals surface area contributed by atoms with Gasteiger partial charge in [0.05, 0.1) is 32.3 Å². The summed E-state index contributed by atoms with van der Waals surface area (Å²) in [5.74, 6) is -0.521. The predicted molar refractivity (Wildman–Crippen MR) is 60.9 cm³/mol. The van der Waals surface area contributed by atoms with Gasteiger partial charge in [0.2, 0.25) is 0 Å². The number of hydrogen-bond donors (Lipinski definition) is 2. The second kappa shape index (κ2) is 7.60. The standard InChI is InChI=1S/C11H21NO5/c1-16-2-3-17-8-10(13)7-12-5-9(6-12)4-11(14)15/h9-10,13H,2-8H2,1H3,(H,14,15). The second-order valence-electron chi connectivity index (χ2n) is 4.40. The summed E-state index contributed by atoms with van der Waals surface area (Å²) in [7, 11) is 1.60. The SMILES string of the molecule is COCCOCC(O)CN1CC(CC(=O)O)C1. The molecule has 1 aliphatic heterocycles. The molecule has 1 rings (SSSR count). The number of aliphatic hydroxyl groups is 1. The summed E-state index contributed by atoms with van der Waals surface area (Å²) >= 11 is 0. The van der Waals surface area contributed by atoms with Crippen molar-refractivity contribution in [2.45, 2.75) is 12.5 Å². The largest absolute Gasteiger partial charge is 0.481 e. The molecule has 0 spiro atoms. The highest BCUT2D eigenvalue weighted by molar-refractivity contribution is 5.67. The minimum absolute atomic E-state index is 0.219. The van der Waals surface area contributed by atoms with Gasteiger partial charge in [0.15, 0.2) is 0 Å². The Hall–Kier alpha value is -0.690. The van der Waals surface area contributed by atoms with Crippen LogP contribution in [0.5, 0.6) is 0 Å². The molecule has 6 nitrogen and oxygen atoms in total. The molecule has 1 atom stereocenters. The number of likely N-dealkylation sites (tertiary alicyclic amines) is 1. The van der Waals surface area contributed by atoms with Crippen molar-refractivity contribution in [2.24, 2.45) is 5.92 Å². The van der Waals surface area contributed by atoms with E-state index >= 15 is 0 Å². The van der Waals surface area contributed by atoms with E-state index in [9.17, 15) is 9.90 Å². The number of rotatable bonds is 9. The molecule has 2 N–H and O–H groups in total. The van der Waals surface area contributed by atoms with E-state index in [1.165, 1.54) is 0 Å². The van der Waals surface area contributed by atoms with E-state index < -0.39 is 12.1 Å². The number of carboxylic acids is 1. The van der Waals surface area contributed by atoms with Crippen molar-refractivity contribution in [1.82, 2.24) is 4.90 Å². The number of carboxylic acid groups (broad SMARTS) is 1. The van der Waals surface area contributed by atoms with Crippen LogP contribution in [0.3, 0.4) is 0 Å². The highest BCUT2D eigenvalue weighted by Gasteiger charge is 2.29. The number of aliphatic hydroxyl groups excluding tert-OH is 1. The number of carbonyl (C=O) groups is 1. The van der Waals surface area contributed by atoms with E-state index in [1.807, 2.05) is 4.90 Å². The Kier molecular flexibility index (Phi) is 6.43. The van der Waals surface area contributed by atoms with Gasteiger partial charge < -0.3 is 19.7 Å². The lowest BCUT2D eigenvalue weighted by molar-refractivity contribution is -0.139. The Morgan fingerprint density at radius 2 is 2.18 bits per heavy atom. The van der Waals surface area contributed by atoms with Gasteiger partial charge in [0.1, 0.15) is 0 Å². The molecule has 0 aromatic heterocycles. The second-order valence-corrected chi connectivity index (χ2v) is 4.40. The minimum atomic E-state index is -0.752. The van der Waals surface area contributed by atoms with Crippen LogP contribution >= 0.6 is 0 Å². The zero-order valence-electron chi connectivity index (χ0n) is 10.2. The summed E-state index contributed by atoms with van der Waals surface area (Å²) in [5.41, 5.74) is 0. The van der Waals surface area contributed by atoms with E-state index in [2.05, 4.69) is 0 Å². The van der Waals surface area contributed by atoms with E-state index in [0.717, 1.165) is 13.1 Å². The van der Waals surface area contributed by atoms with Crippen LogP contribution in [0.4, 0.5) is 0 Å². The molecule has 0 amide bonds. The summed E-state index contributed by atoms with van der Waals surface area (Å²) in [6, 6.07) is 0. The van der Waals surface area contributed by atoms with E-state index in [1.54, 1.807) is 7.11 Å². The molecule has 17 heavy (non-hydrogen) atoms. The number of ether oxygens (including phenoxy) is 2. The summed E-state index contributed by atoms with van der Waals surface area (Å²) in [6.45, 7) is 3.35. The van der Waals surface area contributed by atoms with Crippen LogP contribution in [0, 0.1) is 5.92 Å². The van der Waals surface area contributed by atoms with Gasteiger partial charge >= 0.3 is 5.97 Å². The van der Waals surface area contributed by atoms with Gasteiger partial charge in [0, 0.05) is 26.7 Å². The topological polar surface area (TPSA) is 79.2 Å². The molecular weight excluding hydrogens is 226 g/mol. The van der Waals surface area contributed by atoms with Crippen LogP contribution in [0.1, 0.15) is 6.42 Å². The van der Waals surface area contributed by atoms with Crippen LogP contribution in [-0.2, 0) is 14.3 Å². The average molecular weight is 247 g/mol. The predicted octanol–water partition coefficient (Wildman–Crippen LogP) is -0.583. The smallest absolute Gasteiger partial charge is 0.303 e. The molecule has 0 aliphatic carbocycles. The number of hydrogen-bond acceptors (Lipinski definition) is 5. The summed E-state index contributed by atoms with van der Waals surface area (Å²) in [6.07, 6.45) is -0.297. The Bertz CT molecular complexity index is 230. The van der Waals surface area contributed by atoms with Crippen LogP contribution in [0.25, 0.3) is 0 Å². The van der Waals surface area contributed by atoms with Crippen LogP contribution in [-0.4, -0.2) is 73.8 Å². The first-order chi connectivity index (χ1) is 8.11. The number of nitrogens with zero attached hydrogens (tertiary/aromatic N) is 1.